The molecule has 0 aliphatic carbocycles. The van der Waals surface area contributed by atoms with Crippen LogP contribution in [0.1, 0.15) is 40.2 Å². The molecule has 0 fully saturated rings. The summed E-state index contributed by atoms with van der Waals surface area (Å²) in [7, 11) is 0. The van der Waals surface area contributed by atoms with Crippen LogP contribution < -0.4 is 5.32 Å². The third-order valence-corrected chi connectivity index (χ3v) is 4.89. The standard InChI is InChI=1S/C19H20ClNO3S/c1-4-15-12(3)25-18(17(15)19(23)24-5-2)21-16(22)11-8-13-6-9-14(20)10-7-13/h6-11H,4-5H2,1-3H3,(H,21,22)/b11-8+. The Morgan fingerprint density at radius 1 is 1.24 bits per heavy atom. The average molecular weight is 378 g/mol. The van der Waals surface area contributed by atoms with Crippen LogP contribution in [0.25, 0.3) is 6.08 Å². The number of thiophene rings is 1. The number of rotatable bonds is 6. The fourth-order valence-corrected chi connectivity index (χ4v) is 3.67. The second-order valence-corrected chi connectivity index (χ2v) is 6.95. The zero-order chi connectivity index (χ0) is 18.4. The predicted molar refractivity (Wildman–Crippen MR) is 104 cm³/mol. The first-order valence-electron chi connectivity index (χ1n) is 8.00. The minimum Gasteiger partial charge on any atom is -0.462 e. The van der Waals surface area contributed by atoms with Crippen LogP contribution in [0, 0.1) is 6.92 Å². The van der Waals surface area contributed by atoms with Crippen molar-refractivity contribution < 1.29 is 14.3 Å². The van der Waals surface area contributed by atoms with Crippen molar-refractivity contribution in [3.05, 3.63) is 56.9 Å². The number of benzene rings is 1. The largest absolute Gasteiger partial charge is 0.462 e. The molecule has 0 saturated carbocycles. The number of anilines is 1. The third kappa shape index (κ3) is 4.94. The molecular weight excluding hydrogens is 358 g/mol. The highest BCUT2D eigenvalue weighted by Gasteiger charge is 2.22. The molecule has 1 aromatic heterocycles. The first kappa shape index (κ1) is 19.2. The van der Waals surface area contributed by atoms with Crippen LogP contribution in [0.3, 0.4) is 0 Å². The molecule has 1 aromatic carbocycles. The molecule has 2 aromatic rings. The molecule has 1 heterocycles. The molecule has 0 aliphatic heterocycles. The SMILES string of the molecule is CCOC(=O)c1c(NC(=O)/C=C/c2ccc(Cl)cc2)sc(C)c1CC. The summed E-state index contributed by atoms with van der Waals surface area (Å²) in [4.78, 5) is 25.5. The van der Waals surface area contributed by atoms with Gasteiger partial charge in [-0.1, -0.05) is 30.7 Å². The van der Waals surface area contributed by atoms with E-state index in [0.29, 0.717) is 28.6 Å². The Labute approximate surface area is 156 Å². The fraction of sp³-hybridized carbons (Fsp3) is 0.263. The van der Waals surface area contributed by atoms with Crippen LogP contribution in [0.4, 0.5) is 5.00 Å². The van der Waals surface area contributed by atoms with E-state index in [1.807, 2.05) is 26.0 Å². The van der Waals surface area contributed by atoms with Crippen molar-refractivity contribution in [3.63, 3.8) is 0 Å². The number of hydrogen-bond donors (Lipinski definition) is 1. The van der Waals surface area contributed by atoms with Gasteiger partial charge in [-0.15, -0.1) is 11.3 Å². The van der Waals surface area contributed by atoms with Gasteiger partial charge >= 0.3 is 5.97 Å². The van der Waals surface area contributed by atoms with Gasteiger partial charge in [-0.2, -0.15) is 0 Å². The molecule has 0 atom stereocenters. The minimum atomic E-state index is -0.402. The lowest BCUT2D eigenvalue weighted by Crippen LogP contribution is -2.13. The van der Waals surface area contributed by atoms with E-state index in [4.69, 9.17) is 16.3 Å². The molecule has 4 nitrogen and oxygen atoms in total. The molecular formula is C19H20ClNO3S. The second-order valence-electron chi connectivity index (χ2n) is 5.29. The zero-order valence-corrected chi connectivity index (χ0v) is 16.0. The molecule has 0 unspecified atom stereocenters. The summed E-state index contributed by atoms with van der Waals surface area (Å²) < 4.78 is 5.13. The Kier molecular flexibility index (Phi) is 6.79. The molecule has 0 saturated heterocycles. The van der Waals surface area contributed by atoms with Crippen LogP contribution in [0.5, 0.6) is 0 Å². The zero-order valence-electron chi connectivity index (χ0n) is 14.4. The van der Waals surface area contributed by atoms with Gasteiger partial charge in [0.2, 0.25) is 5.91 Å². The molecule has 6 heteroatoms. The lowest BCUT2D eigenvalue weighted by atomic mass is 10.1. The molecule has 132 valence electrons. The van der Waals surface area contributed by atoms with E-state index in [2.05, 4.69) is 5.32 Å². The van der Waals surface area contributed by atoms with Crippen LogP contribution in [-0.4, -0.2) is 18.5 Å². The van der Waals surface area contributed by atoms with E-state index in [-0.39, 0.29) is 5.91 Å². The fourth-order valence-electron chi connectivity index (χ4n) is 2.41. The smallest absolute Gasteiger partial charge is 0.341 e. The van der Waals surface area contributed by atoms with Crippen LogP contribution in [-0.2, 0) is 16.0 Å². The van der Waals surface area contributed by atoms with Crippen molar-refractivity contribution >= 4 is 45.9 Å². The summed E-state index contributed by atoms with van der Waals surface area (Å²) >= 11 is 7.23. The van der Waals surface area contributed by atoms with Crippen LogP contribution in [0.2, 0.25) is 5.02 Å². The number of carbonyl (C=O) groups excluding carboxylic acids is 2. The highest BCUT2D eigenvalue weighted by atomic mass is 35.5. The number of nitrogens with one attached hydrogen (secondary N) is 1. The van der Waals surface area contributed by atoms with Gasteiger partial charge in [0, 0.05) is 16.0 Å². The lowest BCUT2D eigenvalue weighted by molar-refractivity contribution is -0.111. The van der Waals surface area contributed by atoms with E-state index in [1.54, 1.807) is 25.1 Å². The molecule has 0 radical (unpaired) electrons. The number of esters is 1. The molecule has 0 aliphatic rings. The quantitative estimate of drug-likeness (QED) is 0.562. The van der Waals surface area contributed by atoms with E-state index in [0.717, 1.165) is 16.0 Å². The summed E-state index contributed by atoms with van der Waals surface area (Å²) in [5, 5.41) is 3.96. The first-order valence-corrected chi connectivity index (χ1v) is 9.19. The maximum atomic E-state index is 12.3. The summed E-state index contributed by atoms with van der Waals surface area (Å²) in [6, 6.07) is 7.16. The summed E-state index contributed by atoms with van der Waals surface area (Å²) in [5.74, 6) is -0.704. The second kappa shape index (κ2) is 8.83. The van der Waals surface area contributed by atoms with Crippen LogP contribution in [0.15, 0.2) is 30.3 Å². The van der Waals surface area contributed by atoms with E-state index in [1.165, 1.54) is 17.4 Å². The van der Waals surface area contributed by atoms with Gasteiger partial charge in [-0.3, -0.25) is 4.79 Å². The molecule has 25 heavy (non-hydrogen) atoms. The van der Waals surface area contributed by atoms with Gasteiger partial charge in [0.1, 0.15) is 5.00 Å². The Morgan fingerprint density at radius 2 is 1.92 bits per heavy atom. The van der Waals surface area contributed by atoms with E-state index < -0.39 is 5.97 Å². The molecule has 0 spiro atoms. The number of aryl methyl sites for hydroxylation is 1. The normalized spacial score (nSPS) is 10.9. The van der Waals surface area contributed by atoms with E-state index >= 15 is 0 Å². The van der Waals surface area contributed by atoms with Crippen molar-refractivity contribution in [2.24, 2.45) is 0 Å². The van der Waals surface area contributed by atoms with Crippen molar-refractivity contribution in [2.75, 3.05) is 11.9 Å². The molecule has 0 bridgehead atoms. The predicted octanol–water partition coefficient (Wildman–Crippen LogP) is 5.10. The lowest BCUT2D eigenvalue weighted by Gasteiger charge is -2.06. The Morgan fingerprint density at radius 3 is 2.52 bits per heavy atom. The maximum Gasteiger partial charge on any atom is 0.341 e. The van der Waals surface area contributed by atoms with Gasteiger partial charge in [0.25, 0.3) is 0 Å². The average Bonchev–Trinajstić information content (AvgIpc) is 2.89. The third-order valence-electron chi connectivity index (χ3n) is 3.58. The van der Waals surface area contributed by atoms with Gasteiger partial charge in [-0.25, -0.2) is 4.79 Å². The van der Waals surface area contributed by atoms with Gasteiger partial charge in [-0.05, 0) is 49.6 Å². The van der Waals surface area contributed by atoms with Crippen molar-refractivity contribution in [1.82, 2.24) is 0 Å². The maximum absolute atomic E-state index is 12.3. The minimum absolute atomic E-state index is 0.292. The van der Waals surface area contributed by atoms with Crippen molar-refractivity contribution in [3.8, 4) is 0 Å². The number of halogens is 1. The highest BCUT2D eigenvalue weighted by Crippen LogP contribution is 2.34. The Bertz CT molecular complexity index is 794. The monoisotopic (exact) mass is 377 g/mol. The Balaban J connectivity index is 2.19. The first-order chi connectivity index (χ1) is 12.0. The van der Waals surface area contributed by atoms with Gasteiger partial charge in [0.05, 0.1) is 12.2 Å². The van der Waals surface area contributed by atoms with Crippen LogP contribution >= 0.6 is 22.9 Å². The van der Waals surface area contributed by atoms with Gasteiger partial charge in [0.15, 0.2) is 0 Å². The summed E-state index contributed by atoms with van der Waals surface area (Å²) in [6.07, 6.45) is 3.82. The van der Waals surface area contributed by atoms with E-state index in [9.17, 15) is 9.59 Å². The molecule has 1 N–H and O–H groups in total. The molecule has 1 amide bonds. The topological polar surface area (TPSA) is 55.4 Å². The van der Waals surface area contributed by atoms with Crippen molar-refractivity contribution in [1.29, 1.82) is 0 Å². The molecule has 2 rings (SSSR count). The number of amides is 1. The summed E-state index contributed by atoms with van der Waals surface area (Å²) in [5.41, 5.74) is 2.24. The Hall–Kier alpha value is -2.11. The van der Waals surface area contributed by atoms with Gasteiger partial charge < -0.3 is 10.1 Å². The highest BCUT2D eigenvalue weighted by molar-refractivity contribution is 7.16. The number of ether oxygens (including phenoxy) is 1. The van der Waals surface area contributed by atoms with Crippen molar-refractivity contribution in [2.45, 2.75) is 27.2 Å². The number of hydrogen-bond acceptors (Lipinski definition) is 4. The number of carbonyl (C=O) groups is 2. The summed E-state index contributed by atoms with van der Waals surface area (Å²) in [6.45, 7) is 5.96.